The molecular formula is C22H23N3O2. The van der Waals surface area contributed by atoms with Crippen LogP contribution < -0.4 is 15.4 Å². The largest absolute Gasteiger partial charge is 0.495 e. The van der Waals surface area contributed by atoms with E-state index in [1.54, 1.807) is 19.4 Å². The molecule has 3 aromatic rings. The zero-order chi connectivity index (χ0) is 19.2. The maximum Gasteiger partial charge on any atom is 0.274 e. The highest BCUT2D eigenvalue weighted by Gasteiger charge is 2.11. The second-order valence-electron chi connectivity index (χ2n) is 6.23. The molecule has 2 N–H and O–H groups in total. The number of hydrogen-bond donors (Lipinski definition) is 2. The van der Waals surface area contributed by atoms with Crippen LogP contribution in [0.3, 0.4) is 0 Å². The van der Waals surface area contributed by atoms with Crippen LogP contribution in [0, 0.1) is 6.92 Å². The molecule has 0 saturated heterocycles. The minimum Gasteiger partial charge on any atom is -0.495 e. The molecule has 2 aromatic carbocycles. The minimum atomic E-state index is -0.278. The van der Waals surface area contributed by atoms with Crippen molar-refractivity contribution in [2.75, 3.05) is 17.7 Å². The van der Waals surface area contributed by atoms with E-state index < -0.39 is 0 Å². The third-order valence-electron chi connectivity index (χ3n) is 4.28. The van der Waals surface area contributed by atoms with Crippen LogP contribution >= 0.6 is 0 Å². The molecular weight excluding hydrogens is 338 g/mol. The van der Waals surface area contributed by atoms with E-state index in [1.165, 1.54) is 5.56 Å². The summed E-state index contributed by atoms with van der Waals surface area (Å²) in [5.74, 6) is 0.336. The predicted octanol–water partition coefficient (Wildman–Crippen LogP) is 4.96. The zero-order valence-electron chi connectivity index (χ0n) is 15.7. The number of methoxy groups -OCH3 is 1. The van der Waals surface area contributed by atoms with Crippen LogP contribution in [-0.4, -0.2) is 18.0 Å². The summed E-state index contributed by atoms with van der Waals surface area (Å²) in [4.78, 5) is 16.8. The maximum absolute atomic E-state index is 12.5. The lowest BCUT2D eigenvalue weighted by Gasteiger charge is -2.12. The molecule has 0 atom stereocenters. The van der Waals surface area contributed by atoms with E-state index in [0.29, 0.717) is 17.1 Å². The Hall–Kier alpha value is -3.34. The predicted molar refractivity (Wildman–Crippen MR) is 109 cm³/mol. The fraction of sp³-hybridized carbons (Fsp3) is 0.182. The van der Waals surface area contributed by atoms with E-state index in [2.05, 4.69) is 28.6 Å². The number of carbonyl (C=O) groups excluding carboxylic acids is 1. The van der Waals surface area contributed by atoms with Gasteiger partial charge in [0.2, 0.25) is 0 Å². The first-order valence-electron chi connectivity index (χ1n) is 8.87. The van der Waals surface area contributed by atoms with Crippen molar-refractivity contribution in [3.8, 4) is 5.75 Å². The summed E-state index contributed by atoms with van der Waals surface area (Å²) in [6.07, 6.45) is 2.60. The Bertz CT molecular complexity index is 937. The average Bonchev–Trinajstić information content (AvgIpc) is 2.69. The number of rotatable bonds is 6. The molecule has 0 aliphatic carbocycles. The molecule has 0 radical (unpaired) electrons. The SMILES string of the molecule is CCc1ccccc1Nc1ccc(C(=O)Nc2cc(C)ccc2OC)nc1. The Morgan fingerprint density at radius 3 is 2.59 bits per heavy atom. The van der Waals surface area contributed by atoms with Crippen molar-refractivity contribution in [1.82, 2.24) is 4.98 Å². The number of aryl methyl sites for hydroxylation is 2. The normalized spacial score (nSPS) is 10.3. The zero-order valence-corrected chi connectivity index (χ0v) is 15.7. The van der Waals surface area contributed by atoms with Gasteiger partial charge in [0, 0.05) is 5.69 Å². The molecule has 5 heteroatoms. The van der Waals surface area contributed by atoms with Gasteiger partial charge in [-0.15, -0.1) is 0 Å². The molecule has 27 heavy (non-hydrogen) atoms. The summed E-state index contributed by atoms with van der Waals surface area (Å²) >= 11 is 0. The van der Waals surface area contributed by atoms with Gasteiger partial charge in [-0.05, 0) is 54.8 Å². The second-order valence-corrected chi connectivity index (χ2v) is 6.23. The van der Waals surface area contributed by atoms with Crippen LogP contribution in [0.5, 0.6) is 5.75 Å². The standard InChI is InChI=1S/C22H23N3O2/c1-4-16-7-5-6-8-18(16)24-17-10-11-19(23-14-17)22(26)25-20-13-15(2)9-12-21(20)27-3/h5-14,24H,4H2,1-3H3,(H,25,26). The maximum atomic E-state index is 12.5. The summed E-state index contributed by atoms with van der Waals surface area (Å²) in [7, 11) is 1.58. The molecule has 0 aliphatic heterocycles. The molecule has 0 aliphatic rings. The highest BCUT2D eigenvalue weighted by molar-refractivity contribution is 6.03. The van der Waals surface area contributed by atoms with E-state index in [-0.39, 0.29) is 5.91 Å². The number of para-hydroxylation sites is 1. The Morgan fingerprint density at radius 1 is 1.07 bits per heavy atom. The third kappa shape index (κ3) is 4.44. The van der Waals surface area contributed by atoms with Gasteiger partial charge in [0.05, 0.1) is 24.7 Å². The molecule has 0 unspecified atom stereocenters. The lowest BCUT2D eigenvalue weighted by atomic mass is 10.1. The van der Waals surface area contributed by atoms with Crippen LogP contribution in [0.15, 0.2) is 60.8 Å². The monoisotopic (exact) mass is 361 g/mol. The van der Waals surface area contributed by atoms with E-state index in [4.69, 9.17) is 4.74 Å². The molecule has 1 aromatic heterocycles. The molecule has 0 saturated carbocycles. The van der Waals surface area contributed by atoms with Crippen molar-refractivity contribution in [2.24, 2.45) is 0 Å². The number of hydrogen-bond acceptors (Lipinski definition) is 4. The molecule has 3 rings (SSSR count). The molecule has 5 nitrogen and oxygen atoms in total. The second kappa shape index (κ2) is 8.36. The Morgan fingerprint density at radius 2 is 1.89 bits per heavy atom. The minimum absolute atomic E-state index is 0.278. The fourth-order valence-corrected chi connectivity index (χ4v) is 2.81. The van der Waals surface area contributed by atoms with Crippen LogP contribution in [0.1, 0.15) is 28.5 Å². The molecule has 1 amide bonds. The summed E-state index contributed by atoms with van der Waals surface area (Å²) < 4.78 is 5.30. The van der Waals surface area contributed by atoms with Gasteiger partial charge < -0.3 is 15.4 Å². The lowest BCUT2D eigenvalue weighted by Crippen LogP contribution is -2.14. The number of nitrogens with zero attached hydrogens (tertiary/aromatic N) is 1. The first-order chi connectivity index (χ1) is 13.1. The summed E-state index contributed by atoms with van der Waals surface area (Å²) in [5.41, 5.74) is 5.11. The number of amides is 1. The van der Waals surface area contributed by atoms with Crippen molar-refractivity contribution >= 4 is 23.0 Å². The lowest BCUT2D eigenvalue weighted by molar-refractivity contribution is 0.102. The number of aromatic nitrogens is 1. The van der Waals surface area contributed by atoms with Crippen molar-refractivity contribution in [3.05, 3.63) is 77.6 Å². The number of pyridine rings is 1. The van der Waals surface area contributed by atoms with Gasteiger partial charge in [-0.1, -0.05) is 31.2 Å². The number of carbonyl (C=O) groups is 1. The molecule has 0 spiro atoms. The number of ether oxygens (including phenoxy) is 1. The molecule has 0 fully saturated rings. The van der Waals surface area contributed by atoms with E-state index in [0.717, 1.165) is 23.4 Å². The Kier molecular flexibility index (Phi) is 5.71. The van der Waals surface area contributed by atoms with E-state index in [1.807, 2.05) is 49.4 Å². The van der Waals surface area contributed by atoms with Gasteiger partial charge in [-0.3, -0.25) is 4.79 Å². The number of benzene rings is 2. The fourth-order valence-electron chi connectivity index (χ4n) is 2.81. The quantitative estimate of drug-likeness (QED) is 0.651. The average molecular weight is 361 g/mol. The van der Waals surface area contributed by atoms with Gasteiger partial charge in [0.1, 0.15) is 11.4 Å². The van der Waals surface area contributed by atoms with Crippen molar-refractivity contribution in [2.45, 2.75) is 20.3 Å². The highest BCUT2D eigenvalue weighted by atomic mass is 16.5. The van der Waals surface area contributed by atoms with Crippen LogP contribution in [0.2, 0.25) is 0 Å². The summed E-state index contributed by atoms with van der Waals surface area (Å²) in [6.45, 7) is 4.08. The third-order valence-corrected chi connectivity index (χ3v) is 4.28. The topological polar surface area (TPSA) is 63.2 Å². The van der Waals surface area contributed by atoms with E-state index in [9.17, 15) is 4.79 Å². The Balaban J connectivity index is 1.73. The van der Waals surface area contributed by atoms with Gasteiger partial charge in [-0.2, -0.15) is 0 Å². The Labute approximate surface area is 159 Å². The number of nitrogens with one attached hydrogen (secondary N) is 2. The highest BCUT2D eigenvalue weighted by Crippen LogP contribution is 2.26. The van der Waals surface area contributed by atoms with Gasteiger partial charge in [0.25, 0.3) is 5.91 Å². The first kappa shape index (κ1) is 18.5. The smallest absolute Gasteiger partial charge is 0.274 e. The van der Waals surface area contributed by atoms with Crippen molar-refractivity contribution in [3.63, 3.8) is 0 Å². The van der Waals surface area contributed by atoms with Crippen LogP contribution in [-0.2, 0) is 6.42 Å². The molecule has 1 heterocycles. The van der Waals surface area contributed by atoms with Crippen molar-refractivity contribution in [1.29, 1.82) is 0 Å². The number of anilines is 3. The molecule has 0 bridgehead atoms. The summed E-state index contributed by atoms with van der Waals surface area (Å²) in [6, 6.07) is 17.3. The summed E-state index contributed by atoms with van der Waals surface area (Å²) in [5, 5.41) is 6.21. The van der Waals surface area contributed by atoms with Gasteiger partial charge >= 0.3 is 0 Å². The van der Waals surface area contributed by atoms with Crippen molar-refractivity contribution < 1.29 is 9.53 Å². The molecule has 138 valence electrons. The van der Waals surface area contributed by atoms with Crippen LogP contribution in [0.25, 0.3) is 0 Å². The van der Waals surface area contributed by atoms with Gasteiger partial charge in [-0.25, -0.2) is 4.98 Å². The van der Waals surface area contributed by atoms with Gasteiger partial charge in [0.15, 0.2) is 0 Å². The van der Waals surface area contributed by atoms with E-state index >= 15 is 0 Å². The first-order valence-corrected chi connectivity index (χ1v) is 8.87. The van der Waals surface area contributed by atoms with Crippen LogP contribution in [0.4, 0.5) is 17.1 Å².